The normalized spacial score (nSPS) is 12.7. The molecule has 0 aliphatic heterocycles. The number of rotatable bonds is 5. The van der Waals surface area contributed by atoms with E-state index in [0.29, 0.717) is 6.54 Å². The summed E-state index contributed by atoms with van der Waals surface area (Å²) in [6.07, 6.45) is 1.24. The molecule has 0 fully saturated rings. The van der Waals surface area contributed by atoms with Gasteiger partial charge < -0.3 is 9.84 Å². The fourth-order valence-electron chi connectivity index (χ4n) is 1.97. The smallest absolute Gasteiger partial charge is 0.118 e. The van der Waals surface area contributed by atoms with E-state index in [-0.39, 0.29) is 5.92 Å². The molecule has 1 aromatic carbocycles. The van der Waals surface area contributed by atoms with E-state index >= 15 is 0 Å². The van der Waals surface area contributed by atoms with Crippen LogP contribution in [0.2, 0.25) is 0 Å². The van der Waals surface area contributed by atoms with Gasteiger partial charge in [0.25, 0.3) is 0 Å². The van der Waals surface area contributed by atoms with Crippen molar-refractivity contribution in [2.75, 3.05) is 7.11 Å². The fourth-order valence-corrected chi connectivity index (χ4v) is 1.97. The predicted octanol–water partition coefficient (Wildman–Crippen LogP) is 2.63. The summed E-state index contributed by atoms with van der Waals surface area (Å²) in [5.74, 6) is 1.01. The van der Waals surface area contributed by atoms with Crippen LogP contribution in [0.25, 0.3) is 0 Å². The average molecular weight is 260 g/mol. The molecule has 102 valence electrons. The number of aromatic nitrogens is 2. The third-order valence-corrected chi connectivity index (χ3v) is 3.18. The highest BCUT2D eigenvalue weighted by atomic mass is 16.5. The maximum atomic E-state index is 10.1. The van der Waals surface area contributed by atoms with Crippen molar-refractivity contribution in [1.82, 2.24) is 9.78 Å². The lowest BCUT2D eigenvalue weighted by Gasteiger charge is -2.16. The van der Waals surface area contributed by atoms with Gasteiger partial charge in [0.05, 0.1) is 25.5 Å². The van der Waals surface area contributed by atoms with Crippen molar-refractivity contribution in [3.63, 3.8) is 0 Å². The first-order valence-corrected chi connectivity index (χ1v) is 6.44. The van der Waals surface area contributed by atoms with Crippen molar-refractivity contribution in [2.24, 2.45) is 5.92 Å². The Labute approximate surface area is 113 Å². The summed E-state index contributed by atoms with van der Waals surface area (Å²) in [5.41, 5.74) is 1.98. The van der Waals surface area contributed by atoms with Crippen molar-refractivity contribution < 1.29 is 9.84 Å². The summed E-state index contributed by atoms with van der Waals surface area (Å²) in [6.45, 7) is 4.64. The lowest BCUT2D eigenvalue weighted by atomic mass is 10.0. The van der Waals surface area contributed by atoms with Gasteiger partial charge in [-0.05, 0) is 29.7 Å². The molecule has 0 radical (unpaired) electrons. The molecule has 4 heteroatoms. The van der Waals surface area contributed by atoms with Gasteiger partial charge in [-0.25, -0.2) is 0 Å². The topological polar surface area (TPSA) is 47.3 Å². The molecule has 1 unspecified atom stereocenters. The van der Waals surface area contributed by atoms with Gasteiger partial charge in [0.15, 0.2) is 0 Å². The van der Waals surface area contributed by atoms with Crippen LogP contribution >= 0.6 is 0 Å². The summed E-state index contributed by atoms with van der Waals surface area (Å²) >= 11 is 0. The van der Waals surface area contributed by atoms with Crippen LogP contribution < -0.4 is 4.74 Å². The quantitative estimate of drug-likeness (QED) is 0.899. The maximum Gasteiger partial charge on any atom is 0.118 e. The van der Waals surface area contributed by atoms with Gasteiger partial charge in [0.2, 0.25) is 0 Å². The first-order chi connectivity index (χ1) is 9.11. The highest BCUT2D eigenvalue weighted by Gasteiger charge is 2.16. The Morgan fingerprint density at radius 3 is 2.47 bits per heavy atom. The molecule has 0 amide bonds. The van der Waals surface area contributed by atoms with Gasteiger partial charge in [-0.1, -0.05) is 26.0 Å². The SMILES string of the molecule is COc1ccc(Cn2nccc2C(O)C(C)C)cc1. The van der Waals surface area contributed by atoms with E-state index in [0.717, 1.165) is 17.0 Å². The maximum absolute atomic E-state index is 10.1. The highest BCUT2D eigenvalue weighted by Crippen LogP contribution is 2.21. The van der Waals surface area contributed by atoms with Crippen molar-refractivity contribution in [3.8, 4) is 5.75 Å². The number of benzene rings is 1. The van der Waals surface area contributed by atoms with Crippen LogP contribution in [0.4, 0.5) is 0 Å². The van der Waals surface area contributed by atoms with E-state index in [2.05, 4.69) is 5.10 Å². The molecule has 0 saturated heterocycles. The number of aliphatic hydroxyl groups excluding tert-OH is 1. The Bertz CT molecular complexity index is 517. The number of methoxy groups -OCH3 is 1. The van der Waals surface area contributed by atoms with Crippen molar-refractivity contribution in [2.45, 2.75) is 26.5 Å². The van der Waals surface area contributed by atoms with Crippen molar-refractivity contribution in [1.29, 1.82) is 0 Å². The van der Waals surface area contributed by atoms with E-state index in [1.54, 1.807) is 13.3 Å². The molecule has 0 bridgehead atoms. The lowest BCUT2D eigenvalue weighted by molar-refractivity contribution is 0.117. The van der Waals surface area contributed by atoms with Crippen LogP contribution in [0.15, 0.2) is 36.5 Å². The first kappa shape index (κ1) is 13.6. The van der Waals surface area contributed by atoms with E-state index in [9.17, 15) is 5.11 Å². The minimum Gasteiger partial charge on any atom is -0.497 e. The van der Waals surface area contributed by atoms with E-state index in [1.165, 1.54) is 0 Å². The van der Waals surface area contributed by atoms with Crippen LogP contribution in [0.3, 0.4) is 0 Å². The summed E-state index contributed by atoms with van der Waals surface area (Å²) in [4.78, 5) is 0. The van der Waals surface area contributed by atoms with E-state index in [1.807, 2.05) is 48.9 Å². The molecule has 1 aromatic heterocycles. The Morgan fingerprint density at radius 2 is 1.89 bits per heavy atom. The molecule has 0 saturated carbocycles. The molecule has 1 atom stereocenters. The molecule has 2 aromatic rings. The standard InChI is InChI=1S/C15H20N2O2/c1-11(2)15(18)14-8-9-16-17(14)10-12-4-6-13(19-3)7-5-12/h4-9,11,15,18H,10H2,1-3H3. The average Bonchev–Trinajstić information content (AvgIpc) is 2.86. The van der Waals surface area contributed by atoms with Crippen LogP contribution in [-0.4, -0.2) is 22.0 Å². The fraction of sp³-hybridized carbons (Fsp3) is 0.400. The second-order valence-corrected chi connectivity index (χ2v) is 4.95. The molecule has 0 spiro atoms. The Kier molecular flexibility index (Phi) is 4.22. The minimum atomic E-state index is -0.485. The molecule has 2 rings (SSSR count). The van der Waals surface area contributed by atoms with Gasteiger partial charge in [0, 0.05) is 6.20 Å². The second kappa shape index (κ2) is 5.89. The zero-order chi connectivity index (χ0) is 13.8. The lowest BCUT2D eigenvalue weighted by Crippen LogP contribution is -2.14. The zero-order valence-corrected chi connectivity index (χ0v) is 11.6. The Morgan fingerprint density at radius 1 is 1.21 bits per heavy atom. The van der Waals surface area contributed by atoms with Crippen LogP contribution in [0, 0.1) is 5.92 Å². The van der Waals surface area contributed by atoms with Crippen molar-refractivity contribution in [3.05, 3.63) is 47.8 Å². The molecule has 4 nitrogen and oxygen atoms in total. The monoisotopic (exact) mass is 260 g/mol. The zero-order valence-electron chi connectivity index (χ0n) is 11.6. The Hall–Kier alpha value is -1.81. The van der Waals surface area contributed by atoms with Gasteiger partial charge in [0.1, 0.15) is 5.75 Å². The van der Waals surface area contributed by atoms with Crippen molar-refractivity contribution >= 4 is 0 Å². The number of hydrogen-bond acceptors (Lipinski definition) is 3. The number of nitrogens with zero attached hydrogens (tertiary/aromatic N) is 2. The van der Waals surface area contributed by atoms with E-state index in [4.69, 9.17) is 4.74 Å². The summed E-state index contributed by atoms with van der Waals surface area (Å²) in [6, 6.07) is 9.74. The molecule has 0 aliphatic carbocycles. The third-order valence-electron chi connectivity index (χ3n) is 3.18. The Balaban J connectivity index is 2.16. The largest absolute Gasteiger partial charge is 0.497 e. The number of hydrogen-bond donors (Lipinski definition) is 1. The number of aliphatic hydroxyl groups is 1. The molecular formula is C15H20N2O2. The highest BCUT2D eigenvalue weighted by molar-refractivity contribution is 5.27. The molecule has 1 N–H and O–H groups in total. The summed E-state index contributed by atoms with van der Waals surface area (Å²) in [5, 5.41) is 14.4. The molecule has 1 heterocycles. The number of ether oxygens (including phenoxy) is 1. The minimum absolute atomic E-state index is 0.173. The molecule has 0 aliphatic rings. The molecular weight excluding hydrogens is 240 g/mol. The van der Waals surface area contributed by atoms with E-state index < -0.39 is 6.10 Å². The molecule has 19 heavy (non-hydrogen) atoms. The van der Waals surface area contributed by atoms with Gasteiger partial charge in [-0.2, -0.15) is 5.10 Å². The van der Waals surface area contributed by atoms with Crippen LogP contribution in [0.1, 0.15) is 31.2 Å². The van der Waals surface area contributed by atoms with Gasteiger partial charge >= 0.3 is 0 Å². The van der Waals surface area contributed by atoms with Gasteiger partial charge in [-0.3, -0.25) is 4.68 Å². The second-order valence-electron chi connectivity index (χ2n) is 4.95. The predicted molar refractivity (Wildman–Crippen MR) is 74.1 cm³/mol. The van der Waals surface area contributed by atoms with Crippen LogP contribution in [-0.2, 0) is 6.54 Å². The van der Waals surface area contributed by atoms with Gasteiger partial charge in [-0.15, -0.1) is 0 Å². The summed E-state index contributed by atoms with van der Waals surface area (Å²) in [7, 11) is 1.65. The first-order valence-electron chi connectivity index (χ1n) is 6.44. The van der Waals surface area contributed by atoms with Crippen LogP contribution in [0.5, 0.6) is 5.75 Å². The third kappa shape index (κ3) is 3.15. The summed E-state index contributed by atoms with van der Waals surface area (Å²) < 4.78 is 6.98.